The van der Waals surface area contributed by atoms with Crippen LogP contribution in [0.15, 0.2) is 24.3 Å². The number of carbonyl (C=O) groups is 3. The molecule has 1 fully saturated rings. The lowest BCUT2D eigenvalue weighted by atomic mass is 9.83. The third-order valence-electron chi connectivity index (χ3n) is 6.37. The molecule has 1 unspecified atom stereocenters. The molecule has 196 valence electrons. The second-order valence-electron chi connectivity index (χ2n) is 9.11. The van der Waals surface area contributed by atoms with E-state index in [0.717, 1.165) is 57.8 Å². The number of phenolic OH excluding ortho intramolecular Hbond substituents is 1. The Hall–Kier alpha value is -2.81. The molecule has 2 atom stereocenters. The Bertz CT molecular complexity index is 796. The molecule has 1 aliphatic carbocycles. The van der Waals surface area contributed by atoms with Crippen molar-refractivity contribution in [1.82, 2.24) is 10.6 Å². The van der Waals surface area contributed by atoms with Crippen molar-refractivity contribution in [3.63, 3.8) is 0 Å². The minimum atomic E-state index is -0.961. The highest BCUT2D eigenvalue weighted by Gasteiger charge is 2.34. The number of aliphatic hydroxyl groups is 1. The number of esters is 1. The van der Waals surface area contributed by atoms with E-state index in [2.05, 4.69) is 10.6 Å². The van der Waals surface area contributed by atoms with Gasteiger partial charge in [-0.05, 0) is 49.3 Å². The van der Waals surface area contributed by atoms with Crippen LogP contribution < -0.4 is 10.6 Å². The summed E-state index contributed by atoms with van der Waals surface area (Å²) in [6.45, 7) is 0.445. The Kier molecular flexibility index (Phi) is 13.0. The number of hydrogen-bond donors (Lipinski definition) is 4. The van der Waals surface area contributed by atoms with Gasteiger partial charge in [-0.2, -0.15) is 0 Å². The summed E-state index contributed by atoms with van der Waals surface area (Å²) in [4.78, 5) is 38.2. The van der Waals surface area contributed by atoms with Crippen molar-refractivity contribution >= 4 is 18.0 Å². The molecule has 0 aliphatic heterocycles. The Labute approximate surface area is 207 Å². The molecule has 2 rings (SSSR count). The Balaban J connectivity index is 1.98. The summed E-state index contributed by atoms with van der Waals surface area (Å²) in [6.07, 6.45) is 8.44. The first-order chi connectivity index (χ1) is 16.9. The number of aliphatic hydroxyl groups excluding tert-OH is 1. The SMILES string of the molecule is COC(=O)C(Cc1cccc(O)c1)NC(=O)[C@@H](NC(=O)OCCCCCCCO)C1CCCCC1. The molecule has 0 aromatic heterocycles. The van der Waals surface area contributed by atoms with Gasteiger partial charge < -0.3 is 30.3 Å². The molecule has 1 saturated carbocycles. The van der Waals surface area contributed by atoms with Crippen molar-refractivity contribution < 1.29 is 34.1 Å². The number of carbonyl (C=O) groups excluding carboxylic acids is 3. The Morgan fingerprint density at radius 2 is 1.74 bits per heavy atom. The predicted molar refractivity (Wildman–Crippen MR) is 131 cm³/mol. The van der Waals surface area contributed by atoms with E-state index in [1.807, 2.05) is 0 Å². The van der Waals surface area contributed by atoms with Crippen LogP contribution in [0.2, 0.25) is 0 Å². The molecule has 0 spiro atoms. The molecular weight excluding hydrogens is 452 g/mol. The fourth-order valence-corrected chi connectivity index (χ4v) is 4.46. The molecule has 0 saturated heterocycles. The normalized spacial score (nSPS) is 15.6. The first kappa shape index (κ1) is 28.4. The zero-order chi connectivity index (χ0) is 25.5. The van der Waals surface area contributed by atoms with Gasteiger partial charge in [0.1, 0.15) is 17.8 Å². The molecule has 9 nitrogen and oxygen atoms in total. The number of ether oxygens (including phenoxy) is 2. The first-order valence-corrected chi connectivity index (χ1v) is 12.6. The van der Waals surface area contributed by atoms with Crippen LogP contribution in [-0.2, 0) is 25.5 Å². The van der Waals surface area contributed by atoms with Gasteiger partial charge in [0.15, 0.2) is 0 Å². The molecule has 2 amide bonds. The summed E-state index contributed by atoms with van der Waals surface area (Å²) in [6, 6.07) is 4.69. The number of hydrogen-bond acceptors (Lipinski definition) is 7. The molecule has 0 radical (unpaired) electrons. The van der Waals surface area contributed by atoms with Gasteiger partial charge in [-0.1, -0.05) is 50.7 Å². The van der Waals surface area contributed by atoms with E-state index in [1.54, 1.807) is 12.1 Å². The van der Waals surface area contributed by atoms with Crippen LogP contribution in [0.3, 0.4) is 0 Å². The van der Waals surface area contributed by atoms with E-state index in [4.69, 9.17) is 14.6 Å². The quantitative estimate of drug-likeness (QED) is 0.231. The number of amides is 2. The Morgan fingerprint density at radius 3 is 2.43 bits per heavy atom. The lowest BCUT2D eigenvalue weighted by Crippen LogP contribution is -2.55. The van der Waals surface area contributed by atoms with Crippen LogP contribution in [0.5, 0.6) is 5.75 Å². The van der Waals surface area contributed by atoms with Gasteiger partial charge in [-0.15, -0.1) is 0 Å². The van der Waals surface area contributed by atoms with E-state index in [9.17, 15) is 19.5 Å². The highest BCUT2D eigenvalue weighted by atomic mass is 16.5. The molecule has 0 bridgehead atoms. The van der Waals surface area contributed by atoms with Crippen LogP contribution in [-0.4, -0.2) is 60.6 Å². The highest BCUT2D eigenvalue weighted by Crippen LogP contribution is 2.27. The standard InChI is InChI=1S/C26H40N2O7/c1-34-25(32)22(18-19-11-10-14-21(30)17-19)27-24(31)23(20-12-6-5-7-13-20)28-26(33)35-16-9-4-2-3-8-15-29/h10-11,14,17,20,22-23,29-30H,2-9,12-13,15-16,18H2,1H3,(H,27,31)(H,28,33)/t22?,23-/m0/s1. The van der Waals surface area contributed by atoms with Gasteiger partial charge in [0.05, 0.1) is 13.7 Å². The maximum Gasteiger partial charge on any atom is 0.407 e. The predicted octanol–water partition coefficient (Wildman–Crippen LogP) is 3.21. The van der Waals surface area contributed by atoms with Crippen molar-refractivity contribution in [3.8, 4) is 5.75 Å². The minimum absolute atomic E-state index is 0.0474. The van der Waals surface area contributed by atoms with Crippen LogP contribution >= 0.6 is 0 Å². The number of phenols is 1. The number of aromatic hydroxyl groups is 1. The van der Waals surface area contributed by atoms with Crippen molar-refractivity contribution in [2.75, 3.05) is 20.3 Å². The summed E-state index contributed by atoms with van der Waals surface area (Å²) in [5.74, 6) is -1.04. The van der Waals surface area contributed by atoms with Crippen molar-refractivity contribution in [3.05, 3.63) is 29.8 Å². The average molecular weight is 493 g/mol. The molecule has 1 aliphatic rings. The number of rotatable bonds is 14. The molecule has 35 heavy (non-hydrogen) atoms. The number of unbranched alkanes of at least 4 members (excludes halogenated alkanes) is 4. The lowest BCUT2D eigenvalue weighted by Gasteiger charge is -2.30. The van der Waals surface area contributed by atoms with Crippen LogP contribution in [0.25, 0.3) is 0 Å². The maximum atomic E-state index is 13.3. The van der Waals surface area contributed by atoms with Gasteiger partial charge in [-0.3, -0.25) is 4.79 Å². The van der Waals surface area contributed by atoms with Crippen LogP contribution in [0.1, 0.15) is 69.8 Å². The smallest absolute Gasteiger partial charge is 0.407 e. The van der Waals surface area contributed by atoms with E-state index in [0.29, 0.717) is 12.0 Å². The summed E-state index contributed by atoms with van der Waals surface area (Å²) in [7, 11) is 1.25. The second kappa shape index (κ2) is 16.0. The fraction of sp³-hybridized carbons (Fsp3) is 0.654. The molecule has 4 N–H and O–H groups in total. The lowest BCUT2D eigenvalue weighted by molar-refractivity contribution is -0.145. The monoisotopic (exact) mass is 492 g/mol. The minimum Gasteiger partial charge on any atom is -0.508 e. The topological polar surface area (TPSA) is 134 Å². The number of benzene rings is 1. The zero-order valence-corrected chi connectivity index (χ0v) is 20.7. The van der Waals surface area contributed by atoms with Crippen LogP contribution in [0, 0.1) is 5.92 Å². The average Bonchev–Trinajstić information content (AvgIpc) is 2.86. The number of methoxy groups -OCH3 is 1. The largest absolute Gasteiger partial charge is 0.508 e. The van der Waals surface area contributed by atoms with Crippen molar-refractivity contribution in [1.29, 1.82) is 0 Å². The number of nitrogens with one attached hydrogen (secondary N) is 2. The molecule has 1 aromatic rings. The molecule has 9 heteroatoms. The van der Waals surface area contributed by atoms with E-state index < -0.39 is 30.1 Å². The summed E-state index contributed by atoms with van der Waals surface area (Å²) in [5, 5.41) is 24.0. The summed E-state index contributed by atoms with van der Waals surface area (Å²) >= 11 is 0. The second-order valence-corrected chi connectivity index (χ2v) is 9.11. The third-order valence-corrected chi connectivity index (χ3v) is 6.37. The third kappa shape index (κ3) is 10.5. The van der Waals surface area contributed by atoms with Gasteiger partial charge in [0, 0.05) is 13.0 Å². The molecular formula is C26H40N2O7. The Morgan fingerprint density at radius 1 is 1.03 bits per heavy atom. The maximum absolute atomic E-state index is 13.3. The first-order valence-electron chi connectivity index (χ1n) is 12.6. The van der Waals surface area contributed by atoms with Crippen molar-refractivity contribution in [2.24, 2.45) is 5.92 Å². The fourth-order valence-electron chi connectivity index (χ4n) is 4.46. The van der Waals surface area contributed by atoms with Crippen molar-refractivity contribution in [2.45, 2.75) is 82.7 Å². The van der Waals surface area contributed by atoms with Gasteiger partial charge in [0.2, 0.25) is 5.91 Å². The van der Waals surface area contributed by atoms with E-state index >= 15 is 0 Å². The van der Waals surface area contributed by atoms with E-state index in [-0.39, 0.29) is 31.3 Å². The highest BCUT2D eigenvalue weighted by molar-refractivity contribution is 5.90. The summed E-state index contributed by atoms with van der Waals surface area (Å²) in [5.41, 5.74) is 0.668. The number of alkyl carbamates (subject to hydrolysis) is 1. The summed E-state index contributed by atoms with van der Waals surface area (Å²) < 4.78 is 10.2. The van der Waals surface area contributed by atoms with E-state index in [1.165, 1.54) is 19.2 Å². The molecule has 1 aromatic carbocycles. The van der Waals surface area contributed by atoms with Gasteiger partial charge in [0.25, 0.3) is 0 Å². The van der Waals surface area contributed by atoms with Crippen LogP contribution in [0.4, 0.5) is 4.79 Å². The van der Waals surface area contributed by atoms with Gasteiger partial charge in [-0.25, -0.2) is 9.59 Å². The molecule has 0 heterocycles. The zero-order valence-electron chi connectivity index (χ0n) is 20.7. The van der Waals surface area contributed by atoms with Gasteiger partial charge >= 0.3 is 12.1 Å².